The van der Waals surface area contributed by atoms with Crippen LogP contribution in [0.1, 0.15) is 25.7 Å². The molecule has 0 unspecified atom stereocenters. The highest BCUT2D eigenvalue weighted by Gasteiger charge is 2.11. The van der Waals surface area contributed by atoms with Crippen molar-refractivity contribution in [3.05, 3.63) is 57.0 Å². The normalized spacial score (nSPS) is 10.6. The van der Waals surface area contributed by atoms with Gasteiger partial charge in [-0.05, 0) is 24.6 Å². The van der Waals surface area contributed by atoms with Crippen molar-refractivity contribution in [1.82, 2.24) is 0 Å². The van der Waals surface area contributed by atoms with E-state index in [2.05, 4.69) is 0 Å². The molecule has 19 heavy (non-hydrogen) atoms. The zero-order chi connectivity index (χ0) is 13.8. The van der Waals surface area contributed by atoms with Gasteiger partial charge in [0.25, 0.3) is 0 Å². The lowest BCUT2D eigenvalue weighted by Gasteiger charge is -2.05. The summed E-state index contributed by atoms with van der Waals surface area (Å²) in [5, 5.41) is 8.88. The van der Waals surface area contributed by atoms with Gasteiger partial charge < -0.3 is 9.84 Å². The van der Waals surface area contributed by atoms with Crippen molar-refractivity contribution in [3.63, 3.8) is 0 Å². The van der Waals surface area contributed by atoms with Gasteiger partial charge in [0, 0.05) is 10.4 Å². The van der Waals surface area contributed by atoms with Gasteiger partial charge in [-0.1, -0.05) is 18.2 Å². The number of carboxylic acid groups (broad SMARTS) is 1. The van der Waals surface area contributed by atoms with Gasteiger partial charge in [0.1, 0.15) is 10.7 Å². The first-order valence-corrected chi connectivity index (χ1v) is 6.53. The molecule has 2 aromatic rings. The molecule has 0 atom stereocenters. The topological polar surface area (TPSA) is 46.5 Å². The summed E-state index contributed by atoms with van der Waals surface area (Å²) in [6, 6.07) is 8.03. The van der Waals surface area contributed by atoms with E-state index in [9.17, 15) is 9.18 Å². The Morgan fingerprint density at radius 2 is 2.00 bits per heavy atom. The molecule has 5 heteroatoms. The zero-order valence-corrected chi connectivity index (χ0v) is 11.2. The average molecular weight is 280 g/mol. The third-order valence-corrected chi connectivity index (χ3v) is 3.79. The number of carbonyl (C=O) groups is 1. The Labute approximate surface area is 114 Å². The molecule has 3 nitrogen and oxygen atoms in total. The molecule has 0 spiro atoms. The number of aryl methyl sites for hydroxylation is 1. The van der Waals surface area contributed by atoms with E-state index in [1.54, 1.807) is 24.3 Å². The van der Waals surface area contributed by atoms with E-state index in [-0.39, 0.29) is 19.0 Å². The number of hydrogen-bond donors (Lipinski definition) is 1. The maximum atomic E-state index is 13.3. The van der Waals surface area contributed by atoms with Crippen molar-refractivity contribution in [2.45, 2.75) is 20.1 Å². The van der Waals surface area contributed by atoms with Gasteiger partial charge in [-0.3, -0.25) is 0 Å². The number of aromatic carboxylic acids is 1. The molecular weight excluding hydrogens is 267 g/mol. The van der Waals surface area contributed by atoms with E-state index in [0.717, 1.165) is 10.4 Å². The zero-order valence-electron chi connectivity index (χ0n) is 10.4. The predicted octanol–water partition coefficient (Wildman–Crippen LogP) is 3.61. The Balaban J connectivity index is 1.96. The molecule has 0 amide bonds. The first-order chi connectivity index (χ1) is 9.08. The number of rotatable bonds is 5. The lowest BCUT2D eigenvalue weighted by atomic mass is 10.2. The molecule has 1 heterocycles. The molecular formula is C14H13FO3S. The van der Waals surface area contributed by atoms with Crippen LogP contribution in [-0.2, 0) is 18.0 Å². The summed E-state index contributed by atoms with van der Waals surface area (Å²) in [5.41, 5.74) is 1.33. The summed E-state index contributed by atoms with van der Waals surface area (Å²) < 4.78 is 18.8. The van der Waals surface area contributed by atoms with E-state index >= 15 is 0 Å². The largest absolute Gasteiger partial charge is 0.477 e. The van der Waals surface area contributed by atoms with Crippen LogP contribution < -0.4 is 0 Å². The van der Waals surface area contributed by atoms with Crippen LogP contribution in [-0.4, -0.2) is 11.1 Å². The molecule has 0 saturated heterocycles. The van der Waals surface area contributed by atoms with Crippen LogP contribution in [0.5, 0.6) is 0 Å². The van der Waals surface area contributed by atoms with Gasteiger partial charge in [0.15, 0.2) is 0 Å². The highest BCUT2D eigenvalue weighted by molar-refractivity contribution is 7.14. The first kappa shape index (κ1) is 13.7. The van der Waals surface area contributed by atoms with E-state index in [1.165, 1.54) is 17.4 Å². The Bertz CT molecular complexity index is 592. The second-order valence-electron chi connectivity index (χ2n) is 4.08. The Kier molecular flexibility index (Phi) is 4.29. The van der Waals surface area contributed by atoms with Crippen LogP contribution >= 0.6 is 11.3 Å². The molecule has 0 aliphatic rings. The van der Waals surface area contributed by atoms with Crippen LogP contribution in [0.25, 0.3) is 0 Å². The molecule has 0 bridgehead atoms. The second-order valence-corrected chi connectivity index (χ2v) is 5.34. The van der Waals surface area contributed by atoms with Crippen molar-refractivity contribution in [1.29, 1.82) is 0 Å². The second kappa shape index (κ2) is 5.95. The quantitative estimate of drug-likeness (QED) is 0.910. The van der Waals surface area contributed by atoms with Crippen molar-refractivity contribution in [2.24, 2.45) is 0 Å². The highest BCUT2D eigenvalue weighted by atomic mass is 32.1. The summed E-state index contributed by atoms with van der Waals surface area (Å²) >= 11 is 1.22. The van der Waals surface area contributed by atoms with Crippen LogP contribution in [0.15, 0.2) is 30.3 Å². The van der Waals surface area contributed by atoms with Crippen molar-refractivity contribution in [3.8, 4) is 0 Å². The van der Waals surface area contributed by atoms with Crippen LogP contribution in [0, 0.1) is 12.7 Å². The number of halogens is 1. The first-order valence-electron chi connectivity index (χ1n) is 5.71. The van der Waals surface area contributed by atoms with Gasteiger partial charge in [0.2, 0.25) is 0 Å². The molecule has 0 saturated carbocycles. The molecule has 0 radical (unpaired) electrons. The maximum absolute atomic E-state index is 13.3. The smallest absolute Gasteiger partial charge is 0.345 e. The molecule has 1 aromatic carbocycles. The fourth-order valence-corrected chi connectivity index (χ4v) is 2.52. The summed E-state index contributed by atoms with van der Waals surface area (Å²) in [6.07, 6.45) is 0. The standard InChI is InChI=1S/C14H13FO3S/c1-9-11(6-13(19-9)14(16)17)8-18-7-10-4-2-3-5-12(10)15/h2-6H,7-8H2,1H3,(H,16,17). The fourth-order valence-electron chi connectivity index (χ4n) is 1.65. The Hall–Kier alpha value is -1.72. The van der Waals surface area contributed by atoms with Gasteiger partial charge in [-0.2, -0.15) is 0 Å². The number of ether oxygens (including phenoxy) is 1. The van der Waals surface area contributed by atoms with E-state index < -0.39 is 5.97 Å². The Morgan fingerprint density at radius 3 is 2.63 bits per heavy atom. The van der Waals surface area contributed by atoms with Crippen molar-refractivity contribution >= 4 is 17.3 Å². The minimum Gasteiger partial charge on any atom is -0.477 e. The predicted molar refractivity (Wildman–Crippen MR) is 70.9 cm³/mol. The monoisotopic (exact) mass is 280 g/mol. The van der Waals surface area contributed by atoms with Gasteiger partial charge in [-0.15, -0.1) is 11.3 Å². The highest BCUT2D eigenvalue weighted by Crippen LogP contribution is 2.22. The van der Waals surface area contributed by atoms with Crippen LogP contribution in [0.2, 0.25) is 0 Å². The molecule has 100 valence electrons. The van der Waals surface area contributed by atoms with Crippen LogP contribution in [0.3, 0.4) is 0 Å². The van der Waals surface area contributed by atoms with E-state index in [4.69, 9.17) is 9.84 Å². The molecule has 0 fully saturated rings. The lowest BCUT2D eigenvalue weighted by molar-refractivity contribution is 0.0701. The number of hydrogen-bond acceptors (Lipinski definition) is 3. The molecule has 2 rings (SSSR count). The molecule has 0 aliphatic heterocycles. The van der Waals surface area contributed by atoms with Crippen LogP contribution in [0.4, 0.5) is 4.39 Å². The third-order valence-electron chi connectivity index (χ3n) is 2.70. The van der Waals surface area contributed by atoms with Crippen molar-refractivity contribution in [2.75, 3.05) is 0 Å². The number of carboxylic acids is 1. The summed E-state index contributed by atoms with van der Waals surface area (Å²) in [5.74, 6) is -1.23. The summed E-state index contributed by atoms with van der Waals surface area (Å²) in [6.45, 7) is 2.30. The molecule has 1 aromatic heterocycles. The minimum absolute atomic E-state index is 0.171. The van der Waals surface area contributed by atoms with E-state index in [1.807, 2.05) is 6.92 Å². The lowest BCUT2D eigenvalue weighted by Crippen LogP contribution is -1.97. The van der Waals surface area contributed by atoms with Crippen molar-refractivity contribution < 1.29 is 19.0 Å². The van der Waals surface area contributed by atoms with E-state index in [0.29, 0.717) is 10.4 Å². The third kappa shape index (κ3) is 3.39. The Morgan fingerprint density at radius 1 is 1.32 bits per heavy atom. The average Bonchev–Trinajstić information content (AvgIpc) is 2.74. The number of benzene rings is 1. The van der Waals surface area contributed by atoms with Gasteiger partial charge >= 0.3 is 5.97 Å². The SMILES string of the molecule is Cc1sc(C(=O)O)cc1COCc1ccccc1F. The fraction of sp³-hybridized carbons (Fsp3) is 0.214. The summed E-state index contributed by atoms with van der Waals surface area (Å²) in [7, 11) is 0. The maximum Gasteiger partial charge on any atom is 0.345 e. The number of thiophene rings is 1. The van der Waals surface area contributed by atoms with Gasteiger partial charge in [0.05, 0.1) is 13.2 Å². The molecule has 1 N–H and O–H groups in total. The van der Waals surface area contributed by atoms with Gasteiger partial charge in [-0.25, -0.2) is 9.18 Å². The summed E-state index contributed by atoms with van der Waals surface area (Å²) in [4.78, 5) is 12.0. The molecule has 0 aliphatic carbocycles. The minimum atomic E-state index is -0.937.